The van der Waals surface area contributed by atoms with E-state index in [9.17, 15) is 14.4 Å². The highest BCUT2D eigenvalue weighted by atomic mass is 35.5. The number of amides is 3. The fourth-order valence-electron chi connectivity index (χ4n) is 3.95. The quantitative estimate of drug-likeness (QED) is 0.440. The summed E-state index contributed by atoms with van der Waals surface area (Å²) in [5.41, 5.74) is 0.785. The molecule has 3 N–H and O–H groups in total. The van der Waals surface area contributed by atoms with Crippen LogP contribution >= 0.6 is 11.6 Å². The van der Waals surface area contributed by atoms with Gasteiger partial charge in [0.15, 0.2) is 0 Å². The van der Waals surface area contributed by atoms with Gasteiger partial charge in [-0.3, -0.25) is 19.3 Å². The Morgan fingerprint density at radius 1 is 1.09 bits per heavy atom. The molecule has 0 radical (unpaired) electrons. The third-order valence-corrected chi connectivity index (χ3v) is 5.89. The van der Waals surface area contributed by atoms with Crippen LogP contribution in [0.5, 0.6) is 0 Å². The highest BCUT2D eigenvalue weighted by Gasteiger charge is 2.27. The van der Waals surface area contributed by atoms with E-state index in [1.165, 1.54) is 6.20 Å². The van der Waals surface area contributed by atoms with Gasteiger partial charge in [-0.15, -0.1) is 0 Å². The molecule has 3 amide bonds. The highest BCUT2D eigenvalue weighted by Crippen LogP contribution is 2.20. The zero-order valence-electron chi connectivity index (χ0n) is 19.0. The van der Waals surface area contributed by atoms with E-state index in [2.05, 4.69) is 20.9 Å². The normalized spacial score (nSPS) is 15.9. The van der Waals surface area contributed by atoms with E-state index in [1.54, 1.807) is 54.8 Å². The van der Waals surface area contributed by atoms with Gasteiger partial charge < -0.3 is 20.4 Å². The highest BCUT2D eigenvalue weighted by molar-refractivity contribution is 6.30. The van der Waals surface area contributed by atoms with Crippen LogP contribution in [0.3, 0.4) is 0 Å². The number of aromatic nitrogens is 1. The minimum Gasteiger partial charge on any atom is -0.467 e. The topological polar surface area (TPSA) is 117 Å². The number of furan rings is 1. The van der Waals surface area contributed by atoms with Crippen molar-refractivity contribution in [3.63, 3.8) is 0 Å². The first-order valence-electron chi connectivity index (χ1n) is 11.3. The lowest BCUT2D eigenvalue weighted by atomic mass is 9.97. The summed E-state index contributed by atoms with van der Waals surface area (Å²) in [6.45, 7) is 1.53. The first-order chi connectivity index (χ1) is 17.0. The van der Waals surface area contributed by atoms with E-state index in [4.69, 9.17) is 16.0 Å². The minimum atomic E-state index is -0.317. The number of carbonyl (C=O) groups excluding carboxylic acids is 3. The van der Waals surface area contributed by atoms with Gasteiger partial charge in [-0.05, 0) is 55.8 Å². The summed E-state index contributed by atoms with van der Waals surface area (Å²) in [4.78, 5) is 44.1. The Morgan fingerprint density at radius 2 is 1.94 bits per heavy atom. The molecule has 1 aliphatic rings. The van der Waals surface area contributed by atoms with Crippen molar-refractivity contribution in [2.45, 2.75) is 19.4 Å². The van der Waals surface area contributed by atoms with Crippen molar-refractivity contribution in [3.8, 4) is 0 Å². The Balaban J connectivity index is 1.30. The first-order valence-corrected chi connectivity index (χ1v) is 11.7. The molecular formula is C25H26ClN5O4. The van der Waals surface area contributed by atoms with E-state index in [0.29, 0.717) is 40.9 Å². The van der Waals surface area contributed by atoms with E-state index in [1.807, 2.05) is 4.90 Å². The number of nitrogens with one attached hydrogen (secondary N) is 3. The molecule has 0 bridgehead atoms. The van der Waals surface area contributed by atoms with Gasteiger partial charge >= 0.3 is 0 Å². The molecule has 1 aromatic carbocycles. The van der Waals surface area contributed by atoms with Crippen molar-refractivity contribution in [1.29, 1.82) is 0 Å². The summed E-state index contributed by atoms with van der Waals surface area (Å²) in [7, 11) is 0. The van der Waals surface area contributed by atoms with Crippen LogP contribution in [0.2, 0.25) is 5.02 Å². The second kappa shape index (κ2) is 11.6. The number of halogens is 1. The average Bonchev–Trinajstić information content (AvgIpc) is 3.38. The molecule has 1 fully saturated rings. The van der Waals surface area contributed by atoms with E-state index in [0.717, 1.165) is 12.8 Å². The molecule has 0 spiro atoms. The SMILES string of the molecule is O=C(CN1CCCC(C(=O)Nc2ccc(Cl)cn2)C1)Nc1ccccc1C(=O)NCc1ccco1. The third kappa shape index (κ3) is 6.91. The maximum absolute atomic E-state index is 12.8. The van der Waals surface area contributed by atoms with Gasteiger partial charge in [-0.25, -0.2) is 4.98 Å². The molecule has 0 aliphatic carbocycles. The summed E-state index contributed by atoms with van der Waals surface area (Å²) in [5.74, 6) is 0.114. The van der Waals surface area contributed by atoms with Crippen molar-refractivity contribution in [3.05, 3.63) is 77.3 Å². The molecule has 1 unspecified atom stereocenters. The zero-order chi connectivity index (χ0) is 24.6. The number of anilines is 2. The van der Waals surface area contributed by atoms with Crippen molar-refractivity contribution >= 4 is 40.8 Å². The number of pyridine rings is 1. The largest absolute Gasteiger partial charge is 0.467 e. The lowest BCUT2D eigenvalue weighted by Crippen LogP contribution is -2.44. The number of nitrogens with zero attached hydrogens (tertiary/aromatic N) is 2. The van der Waals surface area contributed by atoms with Gasteiger partial charge in [0.05, 0.1) is 41.5 Å². The summed E-state index contributed by atoms with van der Waals surface area (Å²) in [6, 6.07) is 13.7. The maximum atomic E-state index is 12.8. The monoisotopic (exact) mass is 495 g/mol. The minimum absolute atomic E-state index is 0.116. The van der Waals surface area contributed by atoms with Crippen LogP contribution in [0, 0.1) is 5.92 Å². The molecular weight excluding hydrogens is 470 g/mol. The molecule has 0 saturated carbocycles. The van der Waals surface area contributed by atoms with E-state index >= 15 is 0 Å². The standard InChI is InChI=1S/C25H26ClN5O4/c26-18-9-10-22(27-13-18)30-24(33)17-5-3-11-31(15-17)16-23(32)29-21-8-2-1-7-20(21)25(34)28-14-19-6-4-12-35-19/h1-2,4,6-10,12-13,17H,3,5,11,14-16H2,(H,28,34)(H,29,32)(H,27,30,33). The van der Waals surface area contributed by atoms with E-state index < -0.39 is 0 Å². The zero-order valence-corrected chi connectivity index (χ0v) is 19.8. The Bertz CT molecular complexity index is 1170. The van der Waals surface area contributed by atoms with Crippen LogP contribution in [0.15, 0.2) is 65.4 Å². The van der Waals surface area contributed by atoms with Gasteiger partial charge in [-0.1, -0.05) is 23.7 Å². The van der Waals surface area contributed by atoms with Crippen LogP contribution in [-0.4, -0.2) is 47.2 Å². The fraction of sp³-hybridized carbons (Fsp3) is 0.280. The van der Waals surface area contributed by atoms with Crippen molar-refractivity contribution < 1.29 is 18.8 Å². The number of piperidine rings is 1. The van der Waals surface area contributed by atoms with Crippen molar-refractivity contribution in [1.82, 2.24) is 15.2 Å². The number of hydrogen-bond donors (Lipinski definition) is 3. The predicted molar refractivity (Wildman–Crippen MR) is 132 cm³/mol. The molecule has 9 nitrogen and oxygen atoms in total. The van der Waals surface area contributed by atoms with E-state index in [-0.39, 0.29) is 36.7 Å². The van der Waals surface area contributed by atoms with Crippen molar-refractivity contribution in [2.24, 2.45) is 5.92 Å². The number of benzene rings is 1. The molecule has 1 aliphatic heterocycles. The van der Waals surface area contributed by atoms with Crippen LogP contribution in [-0.2, 0) is 16.1 Å². The molecule has 2 aromatic heterocycles. The van der Waals surface area contributed by atoms with Gasteiger partial charge in [0, 0.05) is 12.7 Å². The Morgan fingerprint density at radius 3 is 2.71 bits per heavy atom. The second-order valence-electron chi connectivity index (χ2n) is 8.28. The smallest absolute Gasteiger partial charge is 0.253 e. The fourth-order valence-corrected chi connectivity index (χ4v) is 4.06. The predicted octanol–water partition coefficient (Wildman–Crippen LogP) is 3.55. The molecule has 10 heteroatoms. The number of rotatable bonds is 8. The van der Waals surface area contributed by atoms with Crippen molar-refractivity contribution in [2.75, 3.05) is 30.3 Å². The summed E-state index contributed by atoms with van der Waals surface area (Å²) in [5, 5.41) is 8.92. The molecule has 1 atom stereocenters. The van der Waals surface area contributed by atoms with Crippen LogP contribution in [0.25, 0.3) is 0 Å². The maximum Gasteiger partial charge on any atom is 0.253 e. The lowest BCUT2D eigenvalue weighted by Gasteiger charge is -2.31. The lowest BCUT2D eigenvalue weighted by molar-refractivity contribution is -0.123. The first kappa shape index (κ1) is 24.4. The molecule has 3 heterocycles. The Hall–Kier alpha value is -3.69. The van der Waals surface area contributed by atoms with Crippen LogP contribution in [0.1, 0.15) is 29.0 Å². The average molecular weight is 496 g/mol. The molecule has 4 rings (SSSR count). The summed E-state index contributed by atoms with van der Waals surface area (Å²) in [6.07, 6.45) is 4.55. The number of carbonyl (C=O) groups is 3. The summed E-state index contributed by atoms with van der Waals surface area (Å²) >= 11 is 5.84. The Kier molecular flexibility index (Phi) is 8.12. The molecule has 3 aromatic rings. The van der Waals surface area contributed by atoms with Gasteiger partial charge in [0.1, 0.15) is 11.6 Å². The number of likely N-dealkylation sites (tertiary alicyclic amines) is 1. The molecule has 182 valence electrons. The third-order valence-electron chi connectivity index (χ3n) is 5.67. The van der Waals surface area contributed by atoms with Crippen LogP contribution in [0.4, 0.5) is 11.5 Å². The van der Waals surface area contributed by atoms with Gasteiger partial charge in [0.2, 0.25) is 11.8 Å². The molecule has 1 saturated heterocycles. The summed E-state index contributed by atoms with van der Waals surface area (Å²) < 4.78 is 5.24. The van der Waals surface area contributed by atoms with Gasteiger partial charge in [0.25, 0.3) is 5.91 Å². The molecule has 35 heavy (non-hydrogen) atoms. The number of hydrogen-bond acceptors (Lipinski definition) is 6. The second-order valence-corrected chi connectivity index (χ2v) is 8.72. The Labute approximate surface area is 207 Å². The van der Waals surface area contributed by atoms with Gasteiger partial charge in [-0.2, -0.15) is 0 Å². The van der Waals surface area contributed by atoms with Crippen LogP contribution < -0.4 is 16.0 Å². The number of para-hydroxylation sites is 1.